The van der Waals surface area contributed by atoms with Crippen molar-refractivity contribution in [3.05, 3.63) is 76.6 Å². The lowest BCUT2D eigenvalue weighted by atomic mass is 9.92. The van der Waals surface area contributed by atoms with Crippen LogP contribution in [-0.4, -0.2) is 29.2 Å². The zero-order valence-electron chi connectivity index (χ0n) is 17.0. The van der Waals surface area contributed by atoms with Gasteiger partial charge in [0.15, 0.2) is 9.84 Å². The first-order chi connectivity index (χ1) is 14.9. The largest absolute Gasteiger partial charge is 0.290 e. The summed E-state index contributed by atoms with van der Waals surface area (Å²) >= 11 is 0.916. The van der Waals surface area contributed by atoms with Crippen LogP contribution in [0.3, 0.4) is 0 Å². The molecule has 1 aliphatic heterocycles. The molecule has 0 amide bonds. The Morgan fingerprint density at radius 2 is 1.94 bits per heavy atom. The molecule has 5 nitrogen and oxygen atoms in total. The van der Waals surface area contributed by atoms with Crippen LogP contribution >= 0.6 is 11.5 Å². The van der Waals surface area contributed by atoms with Crippen molar-refractivity contribution in [2.75, 3.05) is 6.54 Å². The molecule has 2 atom stereocenters. The summed E-state index contributed by atoms with van der Waals surface area (Å²) in [6, 6.07) is 11.5. The van der Waals surface area contributed by atoms with E-state index in [0.29, 0.717) is 0 Å². The predicted molar refractivity (Wildman–Crippen MR) is 115 cm³/mol. The van der Waals surface area contributed by atoms with Crippen molar-refractivity contribution in [2.24, 2.45) is 0 Å². The molecule has 0 aliphatic carbocycles. The zero-order valence-corrected chi connectivity index (χ0v) is 18.7. The number of likely N-dealkylation sites (tertiary alicyclic amines) is 1. The van der Waals surface area contributed by atoms with E-state index in [4.69, 9.17) is 0 Å². The quantitative estimate of drug-likeness (QED) is 0.510. The number of hydrogen-bond acceptors (Lipinski definition) is 6. The van der Waals surface area contributed by atoms with Crippen molar-refractivity contribution in [1.29, 1.82) is 0 Å². The first kappa shape index (κ1) is 22.0. The molecule has 0 N–H and O–H groups in total. The van der Waals surface area contributed by atoms with Crippen LogP contribution in [0.2, 0.25) is 0 Å². The monoisotopic (exact) mass is 463 g/mol. The van der Waals surface area contributed by atoms with Gasteiger partial charge in [0, 0.05) is 17.6 Å². The van der Waals surface area contributed by atoms with E-state index in [0.717, 1.165) is 55.0 Å². The Kier molecular flexibility index (Phi) is 6.45. The lowest BCUT2D eigenvalue weighted by Crippen LogP contribution is -2.36. The Balaban J connectivity index is 1.64. The van der Waals surface area contributed by atoms with Crippen LogP contribution in [0, 0.1) is 11.6 Å². The maximum Gasteiger partial charge on any atom is 0.187 e. The highest BCUT2D eigenvalue weighted by Gasteiger charge is 2.31. The molecule has 164 valence electrons. The van der Waals surface area contributed by atoms with E-state index in [1.54, 1.807) is 0 Å². The van der Waals surface area contributed by atoms with Crippen molar-refractivity contribution < 1.29 is 17.2 Å². The Bertz CT molecular complexity index is 1140. The molecule has 0 saturated carbocycles. The van der Waals surface area contributed by atoms with Crippen LogP contribution in [0.25, 0.3) is 0 Å². The normalized spacial score (nSPS) is 18.7. The van der Waals surface area contributed by atoms with Gasteiger partial charge in [-0.15, -0.1) is 0 Å². The number of aromatic nitrogens is 2. The third-order valence-electron chi connectivity index (χ3n) is 5.78. The van der Waals surface area contributed by atoms with Gasteiger partial charge in [0.25, 0.3) is 0 Å². The number of piperidine rings is 1. The maximum atomic E-state index is 15.1. The van der Waals surface area contributed by atoms with Crippen molar-refractivity contribution in [3.63, 3.8) is 0 Å². The first-order valence-corrected chi connectivity index (χ1v) is 12.6. The Morgan fingerprint density at radius 1 is 1.16 bits per heavy atom. The topological polar surface area (TPSA) is 63.2 Å². The van der Waals surface area contributed by atoms with Gasteiger partial charge in [-0.3, -0.25) is 4.90 Å². The van der Waals surface area contributed by atoms with E-state index in [2.05, 4.69) is 26.4 Å². The van der Waals surface area contributed by atoms with Crippen LogP contribution in [0.4, 0.5) is 8.78 Å². The molecular formula is C22H23F2N3O2S2. The molecule has 1 fully saturated rings. The van der Waals surface area contributed by atoms with Crippen molar-refractivity contribution >= 4 is 21.4 Å². The summed E-state index contributed by atoms with van der Waals surface area (Å²) in [4.78, 5) is 5.36. The molecule has 2 heterocycles. The fraction of sp³-hybridized carbons (Fsp3) is 0.364. The van der Waals surface area contributed by atoms with Gasteiger partial charge in [-0.25, -0.2) is 22.2 Å². The minimum absolute atomic E-state index is 0.105. The number of halogens is 2. The SMILES string of the molecule is C[C@H](c1cc(F)c(S(=O)(=O)Cc2ncns2)cc1F)N1CCCC[C@H]1c1ccccc1. The number of nitrogens with zero attached hydrogens (tertiary/aromatic N) is 3. The third-order valence-corrected chi connectivity index (χ3v) is 8.26. The second kappa shape index (κ2) is 9.10. The summed E-state index contributed by atoms with van der Waals surface area (Å²) in [6.07, 6.45) is 4.22. The first-order valence-electron chi connectivity index (χ1n) is 10.1. The van der Waals surface area contributed by atoms with Gasteiger partial charge >= 0.3 is 0 Å². The smallest absolute Gasteiger partial charge is 0.187 e. The summed E-state index contributed by atoms with van der Waals surface area (Å²) in [5, 5.41) is 0.233. The molecule has 1 aromatic heterocycles. The molecule has 31 heavy (non-hydrogen) atoms. The van der Waals surface area contributed by atoms with Gasteiger partial charge in [-0.2, -0.15) is 4.37 Å². The number of rotatable bonds is 6. The summed E-state index contributed by atoms with van der Waals surface area (Å²) in [6.45, 7) is 2.60. The molecule has 0 spiro atoms. The van der Waals surface area contributed by atoms with E-state index in [1.165, 1.54) is 6.33 Å². The highest BCUT2D eigenvalue weighted by atomic mass is 32.2. The molecule has 9 heteroatoms. The average Bonchev–Trinajstić information content (AvgIpc) is 3.27. The van der Waals surface area contributed by atoms with Crippen LogP contribution in [0.5, 0.6) is 0 Å². The van der Waals surface area contributed by atoms with E-state index in [-0.39, 0.29) is 16.6 Å². The fourth-order valence-corrected chi connectivity index (χ4v) is 6.41. The van der Waals surface area contributed by atoms with Gasteiger partial charge < -0.3 is 0 Å². The molecule has 0 unspecified atom stereocenters. The van der Waals surface area contributed by atoms with Gasteiger partial charge in [-0.05, 0) is 55.5 Å². The molecule has 0 radical (unpaired) electrons. The van der Waals surface area contributed by atoms with Crippen LogP contribution in [0.15, 0.2) is 53.7 Å². The summed E-state index contributed by atoms with van der Waals surface area (Å²) in [7, 11) is -4.08. The Morgan fingerprint density at radius 3 is 2.65 bits per heavy atom. The van der Waals surface area contributed by atoms with E-state index in [1.807, 2.05) is 25.1 Å². The van der Waals surface area contributed by atoms with Crippen LogP contribution in [0.1, 0.15) is 54.4 Å². The zero-order chi connectivity index (χ0) is 22.0. The predicted octanol–water partition coefficient (Wildman–Crippen LogP) is 5.08. The second-order valence-corrected chi connectivity index (χ2v) is 10.6. The van der Waals surface area contributed by atoms with Crippen molar-refractivity contribution in [2.45, 2.75) is 48.9 Å². The average molecular weight is 464 g/mol. The number of sulfone groups is 1. The Hall–Kier alpha value is -2.23. The van der Waals surface area contributed by atoms with Gasteiger partial charge in [0.05, 0.1) is 0 Å². The van der Waals surface area contributed by atoms with Gasteiger partial charge in [-0.1, -0.05) is 36.8 Å². The van der Waals surface area contributed by atoms with E-state index < -0.39 is 38.2 Å². The van der Waals surface area contributed by atoms with Gasteiger partial charge in [0.2, 0.25) is 0 Å². The standard InChI is InChI=1S/C22H23F2N3O2S2/c1-15(27-10-6-5-9-20(27)16-7-3-2-4-8-16)17-11-19(24)21(12-18(17)23)31(28,29)13-22-25-14-26-30-22/h2-4,7-8,11-12,14-15,20H,5-6,9-10,13H2,1H3/t15-,20+/m1/s1. The van der Waals surface area contributed by atoms with Crippen LogP contribution < -0.4 is 0 Å². The summed E-state index contributed by atoms with van der Waals surface area (Å²) < 4.78 is 59.0. The molecule has 0 bridgehead atoms. The highest BCUT2D eigenvalue weighted by molar-refractivity contribution is 7.90. The maximum absolute atomic E-state index is 15.1. The van der Waals surface area contributed by atoms with Crippen LogP contribution in [-0.2, 0) is 15.6 Å². The fourth-order valence-electron chi connectivity index (χ4n) is 4.23. The molecule has 2 aromatic carbocycles. The van der Waals surface area contributed by atoms with Crippen molar-refractivity contribution in [1.82, 2.24) is 14.3 Å². The Labute approximate surface area is 184 Å². The minimum Gasteiger partial charge on any atom is -0.290 e. The summed E-state index contributed by atoms with van der Waals surface area (Å²) in [5.41, 5.74) is 1.31. The third kappa shape index (κ3) is 4.68. The molecule has 1 saturated heterocycles. The lowest BCUT2D eigenvalue weighted by Gasteiger charge is -2.40. The molecule has 3 aromatic rings. The summed E-state index contributed by atoms with van der Waals surface area (Å²) in [5.74, 6) is -2.17. The van der Waals surface area contributed by atoms with Gasteiger partial charge in [0.1, 0.15) is 33.6 Å². The number of benzene rings is 2. The molecule has 4 rings (SSSR count). The van der Waals surface area contributed by atoms with E-state index in [9.17, 15) is 12.8 Å². The lowest BCUT2D eigenvalue weighted by molar-refractivity contribution is 0.101. The molecule has 1 aliphatic rings. The molecular weight excluding hydrogens is 440 g/mol. The minimum atomic E-state index is -4.08. The number of hydrogen-bond donors (Lipinski definition) is 0. The van der Waals surface area contributed by atoms with E-state index >= 15 is 4.39 Å². The van der Waals surface area contributed by atoms with Crippen molar-refractivity contribution in [3.8, 4) is 0 Å². The second-order valence-electron chi connectivity index (χ2n) is 7.73. The highest BCUT2D eigenvalue weighted by Crippen LogP contribution is 2.38.